The Morgan fingerprint density at radius 3 is 0.726 bits per heavy atom. The molecule has 0 amide bonds. The second-order valence-corrected chi connectivity index (χ2v) is 18.6. The van der Waals surface area contributed by atoms with Crippen LogP contribution >= 0.6 is 0 Å². The number of anilines is 8. The summed E-state index contributed by atoms with van der Waals surface area (Å²) in [5.74, 6) is 0. The fourth-order valence-electron chi connectivity index (χ4n) is 5.40. The maximum Gasteiger partial charge on any atom is 0.295 e. The van der Waals surface area contributed by atoms with Crippen molar-refractivity contribution >= 4 is 98.1 Å². The van der Waals surface area contributed by atoms with Crippen molar-refractivity contribution in [2.45, 2.75) is 19.6 Å². The third-order valence-corrected chi connectivity index (χ3v) is 12.1. The highest BCUT2D eigenvalue weighted by Crippen LogP contribution is 2.27. The van der Waals surface area contributed by atoms with Gasteiger partial charge in [-0.3, -0.25) is 18.2 Å². The lowest BCUT2D eigenvalue weighted by atomic mass is 10.1. The van der Waals surface area contributed by atoms with Crippen molar-refractivity contribution in [2.75, 3.05) is 43.4 Å². The van der Waals surface area contributed by atoms with Crippen molar-refractivity contribution in [3.05, 3.63) is 145 Å². The zero-order valence-electron chi connectivity index (χ0n) is 31.5. The van der Waals surface area contributed by atoms with Gasteiger partial charge in [-0.05, 0) is 132 Å². The lowest BCUT2D eigenvalue weighted by Crippen LogP contribution is -2.11. The Kier molecular flexibility index (Phi) is 13.2. The Balaban J connectivity index is 1.06. The van der Waals surface area contributed by atoms with Crippen LogP contribution in [0.1, 0.15) is 11.1 Å². The van der Waals surface area contributed by atoms with Gasteiger partial charge in [0, 0.05) is 0 Å². The summed E-state index contributed by atoms with van der Waals surface area (Å²) in [6.45, 7) is 0. The fraction of sp³-hybridized carbons (Fsp3) is 0. The molecule has 0 aliphatic rings. The van der Waals surface area contributed by atoms with Crippen molar-refractivity contribution in [3.63, 3.8) is 0 Å². The normalized spacial score (nSPS) is 12.0. The molecule has 0 atom stereocenters. The smallest absolute Gasteiger partial charge is 0.295 e. The summed E-state index contributed by atoms with van der Waals surface area (Å²) in [7, 11) is -18.2. The van der Waals surface area contributed by atoms with Crippen LogP contribution in [-0.2, 0) is 40.5 Å². The molecular formula is C38H36N8O12S4. The van der Waals surface area contributed by atoms with E-state index < -0.39 is 50.3 Å². The average molecular weight is 925 g/mol. The molecule has 0 fully saturated rings. The highest BCUT2D eigenvalue weighted by molar-refractivity contribution is 7.86. The van der Waals surface area contributed by atoms with E-state index in [4.69, 9.17) is 9.11 Å². The molecule has 6 aromatic carbocycles. The number of hydrazine groups is 4. The molecule has 0 heterocycles. The van der Waals surface area contributed by atoms with Crippen molar-refractivity contribution in [3.8, 4) is 0 Å². The van der Waals surface area contributed by atoms with Gasteiger partial charge in [0.2, 0.25) is 0 Å². The maximum absolute atomic E-state index is 12.4. The molecule has 0 aromatic heterocycles. The molecule has 0 bridgehead atoms. The SMILES string of the molecule is O=S(=O)(O)c1ccc(NNc2ccc(NNc3ccc(C=Cc4ccc(NNc5ccc(NNc6ccc(S(=O)(=O)O)cc6)cc5)cc4S(=O)(=O)O)c(S(=O)(=O)O)c3)cc2)cc1. The van der Waals surface area contributed by atoms with Crippen molar-refractivity contribution < 1.29 is 51.9 Å². The number of nitrogens with one attached hydrogen (secondary N) is 8. The quantitative estimate of drug-likeness (QED) is 0.0245. The summed E-state index contributed by atoms with van der Waals surface area (Å²) >= 11 is 0. The van der Waals surface area contributed by atoms with Gasteiger partial charge in [-0.1, -0.05) is 24.3 Å². The van der Waals surface area contributed by atoms with Gasteiger partial charge < -0.3 is 43.4 Å². The molecule has 62 heavy (non-hydrogen) atoms. The monoisotopic (exact) mass is 924 g/mol. The minimum absolute atomic E-state index is 0.00181. The van der Waals surface area contributed by atoms with Gasteiger partial charge in [0.25, 0.3) is 40.5 Å². The molecule has 24 heteroatoms. The van der Waals surface area contributed by atoms with Gasteiger partial charge in [-0.2, -0.15) is 33.7 Å². The molecule has 12 N–H and O–H groups in total. The summed E-state index contributed by atoms with van der Waals surface area (Å²) in [5.41, 5.74) is 27.0. The molecule has 0 saturated carbocycles. The summed E-state index contributed by atoms with van der Waals surface area (Å²) in [6.07, 6.45) is 2.52. The standard InChI is InChI=1S/C38H36N8O12S4/c47-59(48,49)35-19-15-31(16-20-35)41-39-27-7-11-29(12-8-27)43-45-33-5-3-25(37(23-33)61(53,54)55)1-2-26-4-6-34(24-38(26)62(56,57)58)46-44-30-13-9-28(10-14-30)40-42-32-17-21-36(22-18-32)60(50,51)52/h1-24,39-46H,(H,47,48,49)(H,50,51,52)(H,53,54,55)(H,56,57,58). The highest BCUT2D eigenvalue weighted by Gasteiger charge is 2.18. The third-order valence-electron chi connectivity index (χ3n) is 8.50. The topological polar surface area (TPSA) is 314 Å². The minimum atomic E-state index is -4.79. The van der Waals surface area contributed by atoms with Crippen LogP contribution in [0.3, 0.4) is 0 Å². The first-order valence-electron chi connectivity index (χ1n) is 17.6. The lowest BCUT2D eigenvalue weighted by molar-refractivity contribution is 0.480. The van der Waals surface area contributed by atoms with E-state index in [1.165, 1.54) is 84.9 Å². The number of hydrogen-bond acceptors (Lipinski definition) is 16. The van der Waals surface area contributed by atoms with Gasteiger partial charge in [0.15, 0.2) is 0 Å². The average Bonchev–Trinajstić information content (AvgIpc) is 3.22. The molecule has 0 aliphatic heterocycles. The van der Waals surface area contributed by atoms with E-state index in [-0.39, 0.29) is 32.3 Å². The van der Waals surface area contributed by atoms with Crippen LogP contribution in [0.2, 0.25) is 0 Å². The molecule has 324 valence electrons. The van der Waals surface area contributed by atoms with Crippen LogP contribution < -0.4 is 43.4 Å². The summed E-state index contributed by atoms with van der Waals surface area (Å²) in [4.78, 5) is -1.50. The van der Waals surface area contributed by atoms with E-state index in [2.05, 4.69) is 43.4 Å². The first kappa shape index (κ1) is 44.6. The van der Waals surface area contributed by atoms with Gasteiger partial charge in [0.05, 0.1) is 55.3 Å². The lowest BCUT2D eigenvalue weighted by Gasteiger charge is -2.14. The maximum atomic E-state index is 12.4. The Bertz CT molecular complexity index is 2840. The predicted octanol–water partition coefficient (Wildman–Crippen LogP) is 6.60. The number of benzene rings is 6. The molecule has 0 aliphatic carbocycles. The van der Waals surface area contributed by atoms with Crippen LogP contribution in [0.4, 0.5) is 45.5 Å². The second kappa shape index (κ2) is 18.4. The highest BCUT2D eigenvalue weighted by atomic mass is 32.2. The molecule has 20 nitrogen and oxygen atoms in total. The first-order chi connectivity index (χ1) is 29.2. The molecule has 6 rings (SSSR count). The Morgan fingerprint density at radius 2 is 0.500 bits per heavy atom. The zero-order valence-corrected chi connectivity index (χ0v) is 34.8. The van der Waals surface area contributed by atoms with Crippen LogP contribution in [0.15, 0.2) is 153 Å². The van der Waals surface area contributed by atoms with Crippen LogP contribution in [0, 0.1) is 0 Å². The van der Waals surface area contributed by atoms with Gasteiger partial charge in [0.1, 0.15) is 9.79 Å². The van der Waals surface area contributed by atoms with Gasteiger partial charge >= 0.3 is 0 Å². The molecule has 0 unspecified atom stereocenters. The summed E-state index contributed by atoms with van der Waals surface area (Å²) < 4.78 is 133. The van der Waals surface area contributed by atoms with Crippen LogP contribution in [-0.4, -0.2) is 51.9 Å². The molecule has 0 spiro atoms. The van der Waals surface area contributed by atoms with E-state index in [1.807, 2.05) is 0 Å². The molecular weight excluding hydrogens is 889 g/mol. The number of rotatable bonds is 18. The van der Waals surface area contributed by atoms with Gasteiger partial charge in [-0.25, -0.2) is 0 Å². The zero-order chi connectivity index (χ0) is 44.7. The molecule has 6 aromatic rings. The van der Waals surface area contributed by atoms with Crippen molar-refractivity contribution in [2.24, 2.45) is 0 Å². The summed E-state index contributed by atoms with van der Waals surface area (Å²) in [6, 6.07) is 32.4. The second-order valence-electron chi connectivity index (χ2n) is 12.9. The van der Waals surface area contributed by atoms with E-state index in [9.17, 15) is 42.8 Å². The molecule has 0 radical (unpaired) electrons. The minimum Gasteiger partial charge on any atom is -0.301 e. The summed E-state index contributed by atoms with van der Waals surface area (Å²) in [5, 5.41) is 0. The van der Waals surface area contributed by atoms with E-state index in [1.54, 1.807) is 48.5 Å². The number of hydrogen-bond donors (Lipinski definition) is 12. The Morgan fingerprint density at radius 1 is 0.290 bits per heavy atom. The largest absolute Gasteiger partial charge is 0.301 e. The predicted molar refractivity (Wildman–Crippen MR) is 236 cm³/mol. The van der Waals surface area contributed by atoms with Crippen molar-refractivity contribution in [1.82, 2.24) is 0 Å². The van der Waals surface area contributed by atoms with E-state index in [0.29, 0.717) is 34.1 Å². The van der Waals surface area contributed by atoms with Crippen LogP contribution in [0.5, 0.6) is 0 Å². The van der Waals surface area contributed by atoms with Gasteiger partial charge in [-0.15, -0.1) is 0 Å². The first-order valence-corrected chi connectivity index (χ1v) is 23.3. The Hall–Kier alpha value is -6.90. The fourth-order valence-corrected chi connectivity index (χ4v) is 7.78. The van der Waals surface area contributed by atoms with E-state index in [0.717, 1.165) is 12.1 Å². The van der Waals surface area contributed by atoms with E-state index >= 15 is 0 Å². The molecule has 0 saturated heterocycles. The van der Waals surface area contributed by atoms with Crippen molar-refractivity contribution in [1.29, 1.82) is 0 Å². The third kappa shape index (κ3) is 12.3. The van der Waals surface area contributed by atoms with Crippen LogP contribution in [0.25, 0.3) is 12.2 Å². The Labute approximate surface area is 356 Å².